The number of nitrogens with zero attached hydrogens (tertiary/aromatic N) is 1. The van der Waals surface area contributed by atoms with Crippen LogP contribution in [0, 0.1) is 0 Å². The first-order chi connectivity index (χ1) is 18.2. The standard InChI is InChI=1S/C27H26F3N3O4S/c1-31-22-16-38-24-12-7-19(25(34)32-14-17-3-8-20(36-2)9-4-17)13-23(24)33(26(22)35)15-18-5-10-21(11-6-18)37-27(28,29)30/h3-13,22,31H,14-16H2,1-2H3,(H,32,34)/t22-/m0/s1. The number of hydrogen-bond acceptors (Lipinski definition) is 6. The number of nitrogens with one attached hydrogen (secondary N) is 2. The van der Waals surface area contributed by atoms with Crippen molar-refractivity contribution in [1.29, 1.82) is 0 Å². The Morgan fingerprint density at radius 3 is 2.32 bits per heavy atom. The molecule has 1 aliphatic heterocycles. The first kappa shape index (κ1) is 27.3. The van der Waals surface area contributed by atoms with Crippen LogP contribution in [-0.4, -0.2) is 44.1 Å². The lowest BCUT2D eigenvalue weighted by Gasteiger charge is -2.26. The number of alkyl halides is 3. The molecule has 4 rings (SSSR count). The van der Waals surface area contributed by atoms with E-state index in [1.165, 1.54) is 36.0 Å². The minimum atomic E-state index is -4.79. The van der Waals surface area contributed by atoms with E-state index >= 15 is 0 Å². The van der Waals surface area contributed by atoms with Crippen molar-refractivity contribution in [3.05, 3.63) is 83.4 Å². The third kappa shape index (κ3) is 6.78. The molecule has 0 aliphatic carbocycles. The van der Waals surface area contributed by atoms with Gasteiger partial charge < -0.3 is 25.0 Å². The maximum absolute atomic E-state index is 13.4. The maximum Gasteiger partial charge on any atom is 0.573 e. The van der Waals surface area contributed by atoms with Gasteiger partial charge in [-0.05, 0) is 60.6 Å². The van der Waals surface area contributed by atoms with Crippen molar-refractivity contribution >= 4 is 29.3 Å². The highest BCUT2D eigenvalue weighted by Gasteiger charge is 2.32. The van der Waals surface area contributed by atoms with Crippen LogP contribution in [-0.2, 0) is 17.9 Å². The van der Waals surface area contributed by atoms with E-state index in [4.69, 9.17) is 4.74 Å². The second kappa shape index (κ2) is 11.8. The molecule has 1 heterocycles. The second-order valence-electron chi connectivity index (χ2n) is 8.48. The summed E-state index contributed by atoms with van der Waals surface area (Å²) < 4.78 is 46.7. The topological polar surface area (TPSA) is 79.9 Å². The zero-order chi connectivity index (χ0) is 27.3. The number of amides is 2. The number of hydrogen-bond donors (Lipinski definition) is 2. The summed E-state index contributed by atoms with van der Waals surface area (Å²) in [6.07, 6.45) is -4.79. The van der Waals surface area contributed by atoms with Crippen molar-refractivity contribution in [2.75, 3.05) is 24.8 Å². The number of carbonyl (C=O) groups excluding carboxylic acids is 2. The third-order valence-electron chi connectivity index (χ3n) is 5.94. The molecular formula is C27H26F3N3O4S. The molecule has 7 nitrogen and oxygen atoms in total. The maximum atomic E-state index is 13.4. The lowest BCUT2D eigenvalue weighted by molar-refractivity contribution is -0.274. The van der Waals surface area contributed by atoms with Gasteiger partial charge in [0.15, 0.2) is 0 Å². The van der Waals surface area contributed by atoms with Gasteiger partial charge >= 0.3 is 6.36 Å². The zero-order valence-electron chi connectivity index (χ0n) is 20.7. The normalized spacial score (nSPS) is 15.4. The van der Waals surface area contributed by atoms with Crippen LogP contribution in [0.4, 0.5) is 18.9 Å². The van der Waals surface area contributed by atoms with Gasteiger partial charge in [-0.2, -0.15) is 0 Å². The summed E-state index contributed by atoms with van der Waals surface area (Å²) in [6.45, 7) is 0.416. The molecule has 1 atom stereocenters. The number of likely N-dealkylation sites (N-methyl/N-ethyl adjacent to an activating group) is 1. The number of rotatable bonds is 8. The van der Waals surface area contributed by atoms with E-state index in [0.717, 1.165) is 16.2 Å². The Morgan fingerprint density at radius 2 is 1.68 bits per heavy atom. The molecule has 2 amide bonds. The predicted octanol–water partition coefficient (Wildman–Crippen LogP) is 4.75. The van der Waals surface area contributed by atoms with E-state index in [0.29, 0.717) is 29.1 Å². The minimum absolute atomic E-state index is 0.105. The van der Waals surface area contributed by atoms with Gasteiger partial charge in [-0.3, -0.25) is 9.59 Å². The van der Waals surface area contributed by atoms with Crippen LogP contribution in [0.15, 0.2) is 71.6 Å². The number of halogens is 3. The third-order valence-corrected chi connectivity index (χ3v) is 7.10. The average Bonchev–Trinajstić information content (AvgIpc) is 3.03. The van der Waals surface area contributed by atoms with Gasteiger partial charge in [0.1, 0.15) is 11.5 Å². The van der Waals surface area contributed by atoms with Crippen LogP contribution >= 0.6 is 11.8 Å². The molecule has 0 bridgehead atoms. The molecule has 0 unspecified atom stereocenters. The smallest absolute Gasteiger partial charge is 0.497 e. The Balaban J connectivity index is 1.56. The first-order valence-electron chi connectivity index (χ1n) is 11.7. The highest BCUT2D eigenvalue weighted by Crippen LogP contribution is 2.36. The Morgan fingerprint density at radius 1 is 1.03 bits per heavy atom. The van der Waals surface area contributed by atoms with E-state index in [-0.39, 0.29) is 24.1 Å². The molecule has 0 aromatic heterocycles. The van der Waals surface area contributed by atoms with Crippen LogP contribution < -0.4 is 25.0 Å². The summed E-state index contributed by atoms with van der Waals surface area (Å²) in [5, 5.41) is 5.91. The Labute approximate surface area is 222 Å². The quantitative estimate of drug-likeness (QED) is 0.425. The van der Waals surface area contributed by atoms with Gasteiger partial charge in [0, 0.05) is 22.8 Å². The molecule has 0 radical (unpaired) electrons. The van der Waals surface area contributed by atoms with Crippen molar-refractivity contribution in [3.63, 3.8) is 0 Å². The number of fused-ring (bicyclic) bond motifs is 1. The van der Waals surface area contributed by atoms with Crippen molar-refractivity contribution in [3.8, 4) is 11.5 Å². The summed E-state index contributed by atoms with van der Waals surface area (Å²) in [7, 11) is 3.27. The summed E-state index contributed by atoms with van der Waals surface area (Å²) in [5.41, 5.74) is 2.45. The van der Waals surface area contributed by atoms with Gasteiger partial charge in [-0.15, -0.1) is 24.9 Å². The molecule has 2 N–H and O–H groups in total. The molecule has 200 valence electrons. The summed E-state index contributed by atoms with van der Waals surface area (Å²) in [4.78, 5) is 28.7. The summed E-state index contributed by atoms with van der Waals surface area (Å²) in [6, 6.07) is 17.4. The Kier molecular flexibility index (Phi) is 8.48. The summed E-state index contributed by atoms with van der Waals surface area (Å²) in [5.74, 6) is 0.355. The molecular weight excluding hydrogens is 519 g/mol. The van der Waals surface area contributed by atoms with Crippen LogP contribution in [0.1, 0.15) is 21.5 Å². The first-order valence-corrected chi connectivity index (χ1v) is 12.7. The van der Waals surface area contributed by atoms with Crippen molar-refractivity contribution < 1.29 is 32.2 Å². The number of methoxy groups -OCH3 is 1. The van der Waals surface area contributed by atoms with E-state index in [1.54, 1.807) is 37.3 Å². The monoisotopic (exact) mass is 545 g/mol. The largest absolute Gasteiger partial charge is 0.573 e. The number of anilines is 1. The molecule has 1 aliphatic rings. The average molecular weight is 546 g/mol. The van der Waals surface area contributed by atoms with E-state index in [9.17, 15) is 22.8 Å². The highest BCUT2D eigenvalue weighted by atomic mass is 32.2. The molecule has 38 heavy (non-hydrogen) atoms. The molecule has 0 saturated carbocycles. The lowest BCUT2D eigenvalue weighted by Crippen LogP contribution is -2.45. The molecule has 0 saturated heterocycles. The van der Waals surface area contributed by atoms with E-state index in [1.807, 2.05) is 24.3 Å². The lowest BCUT2D eigenvalue weighted by atomic mass is 10.1. The minimum Gasteiger partial charge on any atom is -0.497 e. The van der Waals surface area contributed by atoms with Gasteiger partial charge in [0.25, 0.3) is 5.91 Å². The molecule has 3 aromatic rings. The number of ether oxygens (including phenoxy) is 2. The van der Waals surface area contributed by atoms with Crippen molar-refractivity contribution in [1.82, 2.24) is 10.6 Å². The predicted molar refractivity (Wildman–Crippen MR) is 138 cm³/mol. The molecule has 0 spiro atoms. The van der Waals surface area contributed by atoms with Crippen LogP contribution in [0.25, 0.3) is 0 Å². The summed E-state index contributed by atoms with van der Waals surface area (Å²) >= 11 is 1.49. The van der Waals surface area contributed by atoms with Crippen molar-refractivity contribution in [2.45, 2.75) is 30.4 Å². The van der Waals surface area contributed by atoms with E-state index in [2.05, 4.69) is 15.4 Å². The van der Waals surface area contributed by atoms with Crippen LogP contribution in [0.3, 0.4) is 0 Å². The van der Waals surface area contributed by atoms with Crippen molar-refractivity contribution in [2.24, 2.45) is 0 Å². The Bertz CT molecular complexity index is 1280. The second-order valence-corrected chi connectivity index (χ2v) is 9.54. The SMILES string of the molecule is CN[C@H]1CSc2ccc(C(=O)NCc3ccc(OC)cc3)cc2N(Cc2ccc(OC(F)(F)F)cc2)C1=O. The van der Waals surface area contributed by atoms with Crippen LogP contribution in [0.5, 0.6) is 11.5 Å². The molecule has 11 heteroatoms. The fourth-order valence-corrected chi connectivity index (χ4v) is 5.06. The fourth-order valence-electron chi connectivity index (χ4n) is 3.92. The fraction of sp³-hybridized carbons (Fsp3) is 0.259. The van der Waals surface area contributed by atoms with Gasteiger partial charge in [-0.1, -0.05) is 24.3 Å². The molecule has 3 aromatic carbocycles. The van der Waals surface area contributed by atoms with Crippen LogP contribution in [0.2, 0.25) is 0 Å². The van der Waals surface area contributed by atoms with E-state index < -0.39 is 12.4 Å². The van der Waals surface area contributed by atoms with Gasteiger partial charge in [0.2, 0.25) is 5.91 Å². The van der Waals surface area contributed by atoms with Gasteiger partial charge in [-0.25, -0.2) is 0 Å². The zero-order valence-corrected chi connectivity index (χ0v) is 21.5. The highest BCUT2D eigenvalue weighted by molar-refractivity contribution is 7.99. The number of thioether (sulfide) groups is 1. The Hall–Kier alpha value is -3.70. The number of benzene rings is 3. The number of carbonyl (C=O) groups is 2. The molecule has 0 fully saturated rings. The van der Waals surface area contributed by atoms with Gasteiger partial charge in [0.05, 0.1) is 25.4 Å².